The Balaban J connectivity index is 2.20. The molecule has 1 heterocycles. The first-order valence-corrected chi connectivity index (χ1v) is 5.28. The standard InChI is InChI=1S/C13H12FN2O/c14-8-13(17)12-10-16(7-6-15-12)9-11-4-2-1-3-5-11/h1-7,10H,8-9H2/q+1. The molecule has 0 saturated heterocycles. The second-order valence-corrected chi connectivity index (χ2v) is 3.66. The zero-order chi connectivity index (χ0) is 12.1. The minimum atomic E-state index is -1.01. The lowest BCUT2D eigenvalue weighted by Gasteiger charge is -1.98. The van der Waals surface area contributed by atoms with E-state index >= 15 is 0 Å². The third-order valence-electron chi connectivity index (χ3n) is 2.37. The molecule has 0 radical (unpaired) electrons. The molecule has 0 aliphatic rings. The van der Waals surface area contributed by atoms with Crippen molar-refractivity contribution in [3.8, 4) is 0 Å². The maximum absolute atomic E-state index is 12.2. The van der Waals surface area contributed by atoms with Gasteiger partial charge in [-0.15, -0.1) is 0 Å². The largest absolute Gasteiger partial charge is 0.289 e. The monoisotopic (exact) mass is 231 g/mol. The van der Waals surface area contributed by atoms with E-state index in [1.54, 1.807) is 12.4 Å². The molecule has 0 aliphatic heterocycles. The predicted molar refractivity (Wildman–Crippen MR) is 60.3 cm³/mol. The van der Waals surface area contributed by atoms with Gasteiger partial charge in [0.2, 0.25) is 5.78 Å². The Labute approximate surface area is 98.6 Å². The van der Waals surface area contributed by atoms with Crippen molar-refractivity contribution in [2.75, 3.05) is 6.67 Å². The molecular weight excluding hydrogens is 219 g/mol. The molecule has 0 fully saturated rings. The van der Waals surface area contributed by atoms with Crippen LogP contribution in [0, 0.1) is 0 Å². The summed E-state index contributed by atoms with van der Waals surface area (Å²) >= 11 is 0. The van der Waals surface area contributed by atoms with Crippen molar-refractivity contribution in [3.63, 3.8) is 0 Å². The van der Waals surface area contributed by atoms with Gasteiger partial charge in [-0.05, 0) is 0 Å². The lowest BCUT2D eigenvalue weighted by Crippen LogP contribution is -2.35. The molecule has 0 aliphatic carbocycles. The zero-order valence-electron chi connectivity index (χ0n) is 9.21. The molecule has 2 aromatic rings. The maximum atomic E-state index is 12.2. The highest BCUT2D eigenvalue weighted by Crippen LogP contribution is 1.98. The van der Waals surface area contributed by atoms with Gasteiger partial charge in [0.25, 0.3) is 0 Å². The molecule has 2 rings (SSSR count). The van der Waals surface area contributed by atoms with Gasteiger partial charge in [0.1, 0.15) is 0 Å². The van der Waals surface area contributed by atoms with Crippen LogP contribution in [-0.4, -0.2) is 17.4 Å². The molecule has 4 heteroatoms. The molecule has 0 N–H and O–H groups in total. The number of ketones is 1. The van der Waals surface area contributed by atoms with Crippen LogP contribution >= 0.6 is 0 Å². The van der Waals surface area contributed by atoms with Gasteiger partial charge in [-0.25, -0.2) is 9.37 Å². The molecule has 0 atom stereocenters. The summed E-state index contributed by atoms with van der Waals surface area (Å²) in [5.41, 5.74) is 1.27. The predicted octanol–water partition coefficient (Wildman–Crippen LogP) is 1.57. The van der Waals surface area contributed by atoms with E-state index in [0.717, 1.165) is 5.56 Å². The fraction of sp³-hybridized carbons (Fsp3) is 0.154. The third kappa shape index (κ3) is 2.93. The number of benzene rings is 1. The summed E-state index contributed by atoms with van der Waals surface area (Å²) in [6.45, 7) is -0.377. The molecule has 1 aromatic carbocycles. The van der Waals surface area contributed by atoms with Crippen molar-refractivity contribution >= 4 is 5.78 Å². The van der Waals surface area contributed by atoms with Crippen molar-refractivity contribution in [1.82, 2.24) is 4.98 Å². The van der Waals surface area contributed by atoms with E-state index in [0.29, 0.717) is 6.54 Å². The van der Waals surface area contributed by atoms with Crippen molar-refractivity contribution in [2.45, 2.75) is 6.54 Å². The van der Waals surface area contributed by atoms with Gasteiger partial charge in [0.15, 0.2) is 31.3 Å². The number of hydrogen-bond donors (Lipinski definition) is 0. The van der Waals surface area contributed by atoms with Crippen LogP contribution in [0.25, 0.3) is 0 Å². The molecule has 3 nitrogen and oxygen atoms in total. The molecule has 0 saturated carbocycles. The van der Waals surface area contributed by atoms with E-state index in [4.69, 9.17) is 0 Å². The Morgan fingerprint density at radius 2 is 2.06 bits per heavy atom. The summed E-state index contributed by atoms with van der Waals surface area (Å²) in [4.78, 5) is 15.0. The fourth-order valence-electron chi connectivity index (χ4n) is 1.54. The van der Waals surface area contributed by atoms with E-state index in [9.17, 15) is 9.18 Å². The first-order valence-electron chi connectivity index (χ1n) is 5.28. The number of rotatable bonds is 4. The highest BCUT2D eigenvalue weighted by atomic mass is 19.1. The molecule has 0 unspecified atom stereocenters. The highest BCUT2D eigenvalue weighted by molar-refractivity contribution is 5.94. The quantitative estimate of drug-likeness (QED) is 0.591. The molecule has 0 bridgehead atoms. The third-order valence-corrected chi connectivity index (χ3v) is 2.37. The van der Waals surface area contributed by atoms with E-state index in [1.165, 1.54) is 6.20 Å². The smallest absolute Gasteiger partial charge is 0.218 e. The summed E-state index contributed by atoms with van der Waals surface area (Å²) in [7, 11) is 0. The number of carbonyl (C=O) groups excluding carboxylic acids is 1. The van der Waals surface area contributed by atoms with Crippen LogP contribution in [0.4, 0.5) is 4.39 Å². The SMILES string of the molecule is O=C(CF)c1c[n+](Cc2ccccc2)ccn1. The molecule has 1 aromatic heterocycles. The Bertz CT molecular complexity index is 514. The average Bonchev–Trinajstić information content (AvgIpc) is 2.39. The van der Waals surface area contributed by atoms with Crippen LogP contribution in [0.2, 0.25) is 0 Å². The summed E-state index contributed by atoms with van der Waals surface area (Å²) in [6.07, 6.45) is 4.82. The van der Waals surface area contributed by atoms with E-state index in [2.05, 4.69) is 4.98 Å². The Kier molecular flexibility index (Phi) is 3.55. The number of carbonyl (C=O) groups is 1. The number of alkyl halides is 1. The molecule has 17 heavy (non-hydrogen) atoms. The molecule has 86 valence electrons. The highest BCUT2D eigenvalue weighted by Gasteiger charge is 2.12. The van der Waals surface area contributed by atoms with Crippen molar-refractivity contribution in [3.05, 3.63) is 60.2 Å². The second-order valence-electron chi connectivity index (χ2n) is 3.66. The van der Waals surface area contributed by atoms with E-state index < -0.39 is 12.5 Å². The second kappa shape index (κ2) is 5.30. The van der Waals surface area contributed by atoms with Gasteiger partial charge in [-0.1, -0.05) is 30.3 Å². The lowest BCUT2D eigenvalue weighted by atomic mass is 10.2. The number of aromatic nitrogens is 2. The minimum absolute atomic E-state index is 0.158. The Morgan fingerprint density at radius 3 is 2.76 bits per heavy atom. The molecular formula is C13H12FN2O+. The van der Waals surface area contributed by atoms with E-state index in [-0.39, 0.29) is 5.69 Å². The van der Waals surface area contributed by atoms with Gasteiger partial charge in [0, 0.05) is 5.56 Å². The lowest BCUT2D eigenvalue weighted by molar-refractivity contribution is -0.689. The normalized spacial score (nSPS) is 10.2. The summed E-state index contributed by atoms with van der Waals surface area (Å²) in [5, 5.41) is 0. The number of hydrogen-bond acceptors (Lipinski definition) is 2. The first kappa shape index (κ1) is 11.4. The summed E-state index contributed by atoms with van der Waals surface area (Å²) in [6, 6.07) is 9.82. The van der Waals surface area contributed by atoms with Gasteiger partial charge in [-0.3, -0.25) is 4.79 Å². The maximum Gasteiger partial charge on any atom is 0.218 e. The summed E-state index contributed by atoms with van der Waals surface area (Å²) < 4.78 is 14.0. The van der Waals surface area contributed by atoms with Crippen LogP contribution in [0.1, 0.15) is 16.1 Å². The Morgan fingerprint density at radius 1 is 1.29 bits per heavy atom. The van der Waals surface area contributed by atoms with Crippen LogP contribution in [0.15, 0.2) is 48.9 Å². The minimum Gasteiger partial charge on any atom is -0.289 e. The zero-order valence-corrected chi connectivity index (χ0v) is 9.21. The first-order chi connectivity index (χ1) is 8.29. The van der Waals surface area contributed by atoms with Gasteiger partial charge in [-0.2, -0.15) is 4.57 Å². The molecule has 0 spiro atoms. The number of halogens is 1. The number of Topliss-reactive ketones (excluding diaryl/α,β-unsaturated/α-hetero) is 1. The van der Waals surface area contributed by atoms with Crippen molar-refractivity contribution in [1.29, 1.82) is 0 Å². The topological polar surface area (TPSA) is 33.8 Å². The average molecular weight is 231 g/mol. The summed E-state index contributed by atoms with van der Waals surface area (Å²) in [5.74, 6) is -0.590. The van der Waals surface area contributed by atoms with Crippen LogP contribution in [0.5, 0.6) is 0 Å². The van der Waals surface area contributed by atoms with Gasteiger partial charge in [0.05, 0.1) is 6.20 Å². The van der Waals surface area contributed by atoms with Crippen LogP contribution in [0.3, 0.4) is 0 Å². The van der Waals surface area contributed by atoms with E-state index in [1.807, 2.05) is 34.9 Å². The Hall–Kier alpha value is -2.10. The fourth-order valence-corrected chi connectivity index (χ4v) is 1.54. The van der Waals surface area contributed by atoms with Crippen molar-refractivity contribution < 1.29 is 13.8 Å². The van der Waals surface area contributed by atoms with Crippen LogP contribution < -0.4 is 4.57 Å². The van der Waals surface area contributed by atoms with Crippen molar-refractivity contribution in [2.24, 2.45) is 0 Å². The van der Waals surface area contributed by atoms with Gasteiger partial charge < -0.3 is 0 Å². The van der Waals surface area contributed by atoms with Gasteiger partial charge >= 0.3 is 0 Å². The van der Waals surface area contributed by atoms with Crippen LogP contribution in [-0.2, 0) is 6.54 Å². The number of nitrogens with zero attached hydrogens (tertiary/aromatic N) is 2. The molecule has 0 amide bonds.